The van der Waals surface area contributed by atoms with Crippen LogP contribution in [0.3, 0.4) is 0 Å². The molecule has 5 nitrogen and oxygen atoms in total. The van der Waals surface area contributed by atoms with Crippen molar-refractivity contribution in [1.29, 1.82) is 0 Å². The number of rotatable bonds is 4. The van der Waals surface area contributed by atoms with Gasteiger partial charge >= 0.3 is 0 Å². The number of hydrogen-bond acceptors (Lipinski definition) is 5. The Morgan fingerprint density at radius 3 is 2.38 bits per heavy atom. The average molecular weight is 285 g/mol. The lowest BCUT2D eigenvalue weighted by molar-refractivity contribution is 0.172. The van der Waals surface area contributed by atoms with Gasteiger partial charge in [-0.05, 0) is 39.1 Å². The number of benzene rings is 1. The van der Waals surface area contributed by atoms with Gasteiger partial charge in [0, 0.05) is 12.1 Å². The molecule has 1 aromatic carbocycles. The number of nitrogen functional groups attached to an aromatic ring is 1. The number of fused-ring (bicyclic) bond motifs is 1. The van der Waals surface area contributed by atoms with Gasteiger partial charge in [0.2, 0.25) is 0 Å². The largest absolute Gasteiger partial charge is 0.381 e. The molecule has 0 amide bonds. The molecule has 1 heterocycles. The minimum Gasteiger partial charge on any atom is -0.381 e. The first-order valence-electron chi connectivity index (χ1n) is 7.54. The molecule has 3 N–H and O–H groups in total. The molecule has 3 rings (SSSR count). The zero-order chi connectivity index (χ0) is 14.9. The molecule has 1 saturated carbocycles. The number of nitrogens with two attached hydrogens (primary N) is 1. The lowest BCUT2D eigenvalue weighted by Gasteiger charge is -2.36. The van der Waals surface area contributed by atoms with Crippen LogP contribution in [0.4, 0.5) is 11.6 Å². The second kappa shape index (κ2) is 5.48. The van der Waals surface area contributed by atoms with Crippen LogP contribution >= 0.6 is 0 Å². The first-order valence-corrected chi connectivity index (χ1v) is 7.54. The number of hydrogen-bond donors (Lipinski definition) is 2. The maximum absolute atomic E-state index is 6.04. The summed E-state index contributed by atoms with van der Waals surface area (Å²) < 4.78 is 0. The summed E-state index contributed by atoms with van der Waals surface area (Å²) in [5.74, 6) is 1.17. The molecule has 0 unspecified atom stereocenters. The van der Waals surface area contributed by atoms with E-state index >= 15 is 0 Å². The molecule has 0 aliphatic heterocycles. The Bertz CT molecular complexity index is 632. The molecule has 0 radical (unpaired) electrons. The van der Waals surface area contributed by atoms with Gasteiger partial charge in [0.05, 0.1) is 11.0 Å². The van der Waals surface area contributed by atoms with E-state index in [1.54, 1.807) is 0 Å². The second-order valence-corrected chi connectivity index (χ2v) is 6.13. The maximum Gasteiger partial charge on any atom is 0.169 e. The van der Waals surface area contributed by atoms with Gasteiger partial charge < -0.3 is 16.0 Å². The van der Waals surface area contributed by atoms with E-state index in [2.05, 4.69) is 34.3 Å². The Kier molecular flexibility index (Phi) is 3.68. The van der Waals surface area contributed by atoms with E-state index in [-0.39, 0.29) is 5.54 Å². The Morgan fingerprint density at radius 2 is 1.76 bits per heavy atom. The van der Waals surface area contributed by atoms with Crippen molar-refractivity contribution >= 4 is 22.7 Å². The molecule has 1 aliphatic carbocycles. The highest BCUT2D eigenvalue weighted by atomic mass is 15.2. The first kappa shape index (κ1) is 14.1. The van der Waals surface area contributed by atoms with Crippen molar-refractivity contribution in [1.82, 2.24) is 14.9 Å². The van der Waals surface area contributed by atoms with Crippen LogP contribution in [-0.2, 0) is 0 Å². The number of aromatic nitrogens is 2. The lowest BCUT2D eigenvalue weighted by Crippen LogP contribution is -2.47. The van der Waals surface area contributed by atoms with Crippen LogP contribution in [0.5, 0.6) is 0 Å². The van der Waals surface area contributed by atoms with Gasteiger partial charge in [-0.3, -0.25) is 0 Å². The summed E-state index contributed by atoms with van der Waals surface area (Å²) in [6.45, 7) is 0.858. The number of likely N-dealkylation sites (N-methyl/N-ethyl adjacent to an activating group) is 1. The van der Waals surface area contributed by atoms with E-state index < -0.39 is 0 Å². The molecule has 0 atom stereocenters. The summed E-state index contributed by atoms with van der Waals surface area (Å²) in [7, 11) is 4.31. The molecule has 0 saturated heterocycles. The van der Waals surface area contributed by atoms with E-state index in [1.807, 2.05) is 24.3 Å². The van der Waals surface area contributed by atoms with Gasteiger partial charge in [-0.2, -0.15) is 0 Å². The van der Waals surface area contributed by atoms with Crippen molar-refractivity contribution in [2.75, 3.05) is 31.7 Å². The number of para-hydroxylation sites is 2. The van der Waals surface area contributed by atoms with Crippen LogP contribution in [0, 0.1) is 0 Å². The summed E-state index contributed by atoms with van der Waals surface area (Å²) in [6.07, 6.45) is 5.01. The van der Waals surface area contributed by atoms with Gasteiger partial charge in [0.1, 0.15) is 0 Å². The zero-order valence-corrected chi connectivity index (χ0v) is 12.8. The van der Waals surface area contributed by atoms with Crippen molar-refractivity contribution in [2.24, 2.45) is 0 Å². The fraction of sp³-hybridized carbons (Fsp3) is 0.500. The van der Waals surface area contributed by atoms with Crippen LogP contribution in [-0.4, -0.2) is 41.0 Å². The van der Waals surface area contributed by atoms with Crippen molar-refractivity contribution < 1.29 is 0 Å². The summed E-state index contributed by atoms with van der Waals surface area (Å²) in [6, 6.07) is 7.81. The topological polar surface area (TPSA) is 67.1 Å². The van der Waals surface area contributed by atoms with Crippen molar-refractivity contribution in [3.8, 4) is 0 Å². The van der Waals surface area contributed by atoms with Gasteiger partial charge in [-0.15, -0.1) is 0 Å². The highest BCUT2D eigenvalue weighted by Gasteiger charge is 2.35. The highest BCUT2D eigenvalue weighted by molar-refractivity contribution is 5.79. The van der Waals surface area contributed by atoms with Crippen LogP contribution in [0.15, 0.2) is 24.3 Å². The van der Waals surface area contributed by atoms with E-state index in [4.69, 9.17) is 5.73 Å². The molecule has 1 aromatic heterocycles. The summed E-state index contributed by atoms with van der Waals surface area (Å²) in [5.41, 5.74) is 7.96. The number of nitrogens with zero attached hydrogens (tertiary/aromatic N) is 3. The minimum absolute atomic E-state index is 0.208. The smallest absolute Gasteiger partial charge is 0.169 e. The molecule has 1 fully saturated rings. The molecular weight excluding hydrogens is 262 g/mol. The van der Waals surface area contributed by atoms with E-state index in [9.17, 15) is 0 Å². The number of nitrogens with one attached hydrogen (secondary N) is 1. The molecule has 0 spiro atoms. The lowest BCUT2D eigenvalue weighted by atomic mass is 9.96. The summed E-state index contributed by atoms with van der Waals surface area (Å²) in [5, 5.41) is 3.43. The third-order valence-electron chi connectivity index (χ3n) is 4.67. The Morgan fingerprint density at radius 1 is 1.14 bits per heavy atom. The average Bonchev–Trinajstić information content (AvgIpc) is 2.95. The molecule has 2 aromatic rings. The van der Waals surface area contributed by atoms with Crippen LogP contribution < -0.4 is 11.1 Å². The second-order valence-electron chi connectivity index (χ2n) is 6.13. The van der Waals surface area contributed by atoms with Gasteiger partial charge in [-0.25, -0.2) is 9.97 Å². The van der Waals surface area contributed by atoms with E-state index in [1.165, 1.54) is 25.7 Å². The zero-order valence-electron chi connectivity index (χ0n) is 12.8. The molecular formula is C16H23N5. The van der Waals surface area contributed by atoms with Crippen LogP contribution in [0.1, 0.15) is 25.7 Å². The van der Waals surface area contributed by atoms with E-state index in [0.717, 1.165) is 17.6 Å². The molecule has 21 heavy (non-hydrogen) atoms. The monoisotopic (exact) mass is 285 g/mol. The first-order chi connectivity index (χ1) is 10.1. The summed E-state index contributed by atoms with van der Waals surface area (Å²) >= 11 is 0. The standard InChI is InChI=1S/C16H23N5/c1-21(2)16(9-5-6-10-16)11-18-15-14(17)19-12-7-3-4-8-13(12)20-15/h3-4,7-8H,5-6,9-11H2,1-2H3,(H2,17,19)(H,18,20). The molecule has 1 aliphatic rings. The fourth-order valence-electron chi connectivity index (χ4n) is 3.21. The molecule has 0 bridgehead atoms. The van der Waals surface area contributed by atoms with Crippen LogP contribution in [0.2, 0.25) is 0 Å². The highest BCUT2D eigenvalue weighted by Crippen LogP contribution is 2.34. The number of anilines is 2. The van der Waals surface area contributed by atoms with Gasteiger partial charge in [-0.1, -0.05) is 25.0 Å². The third kappa shape index (κ3) is 2.65. The van der Waals surface area contributed by atoms with Gasteiger partial charge in [0.25, 0.3) is 0 Å². The molecule has 5 heteroatoms. The fourth-order valence-corrected chi connectivity index (χ4v) is 3.21. The predicted molar refractivity (Wildman–Crippen MR) is 87.3 cm³/mol. The van der Waals surface area contributed by atoms with Crippen molar-refractivity contribution in [3.63, 3.8) is 0 Å². The van der Waals surface area contributed by atoms with Crippen molar-refractivity contribution in [3.05, 3.63) is 24.3 Å². The minimum atomic E-state index is 0.208. The normalized spacial score (nSPS) is 17.5. The van der Waals surface area contributed by atoms with Gasteiger partial charge in [0.15, 0.2) is 11.6 Å². The van der Waals surface area contributed by atoms with Crippen molar-refractivity contribution in [2.45, 2.75) is 31.2 Å². The Hall–Kier alpha value is -1.88. The third-order valence-corrected chi connectivity index (χ3v) is 4.67. The quantitative estimate of drug-likeness (QED) is 0.903. The Balaban J connectivity index is 1.83. The maximum atomic E-state index is 6.04. The summed E-state index contributed by atoms with van der Waals surface area (Å²) in [4.78, 5) is 11.4. The SMILES string of the molecule is CN(C)C1(CNc2nc3ccccc3nc2N)CCCC1. The van der Waals surface area contributed by atoms with Crippen LogP contribution in [0.25, 0.3) is 11.0 Å². The van der Waals surface area contributed by atoms with E-state index in [0.29, 0.717) is 11.6 Å². The predicted octanol–water partition coefficient (Wildman–Crippen LogP) is 2.50. The molecule has 112 valence electrons. The Labute approximate surface area is 125 Å².